The fraction of sp³-hybridized carbons (Fsp3) is 0.444. The van der Waals surface area contributed by atoms with E-state index in [1.165, 1.54) is 10.4 Å². The lowest BCUT2D eigenvalue weighted by Crippen LogP contribution is -2.37. The number of ether oxygens (including phenoxy) is 1. The summed E-state index contributed by atoms with van der Waals surface area (Å²) in [5, 5.41) is 15.5. The molecule has 2 amide bonds. The quantitative estimate of drug-likeness (QED) is 0.305. The highest BCUT2D eigenvalue weighted by Crippen LogP contribution is 2.42. The average molecular weight is 536 g/mol. The predicted octanol–water partition coefficient (Wildman–Crippen LogP) is 4.05. The second-order valence-electron chi connectivity index (χ2n) is 10.9. The van der Waals surface area contributed by atoms with Crippen LogP contribution in [0.15, 0.2) is 24.7 Å². The number of thiophene rings is 1. The summed E-state index contributed by atoms with van der Waals surface area (Å²) in [5.74, 6) is 1.48. The summed E-state index contributed by atoms with van der Waals surface area (Å²) in [7, 11) is 3.62. The van der Waals surface area contributed by atoms with Gasteiger partial charge < -0.3 is 20.3 Å². The molecule has 38 heavy (non-hydrogen) atoms. The largest absolute Gasteiger partial charge is 0.489 e. The van der Waals surface area contributed by atoms with E-state index in [1.807, 2.05) is 47.0 Å². The predicted molar refractivity (Wildman–Crippen MR) is 149 cm³/mol. The summed E-state index contributed by atoms with van der Waals surface area (Å²) in [6.45, 7) is 6.33. The Bertz CT molecular complexity index is 1500. The van der Waals surface area contributed by atoms with E-state index in [4.69, 9.17) is 4.74 Å². The topological polar surface area (TPSA) is 125 Å². The molecular formula is C27H33N7O3S. The van der Waals surface area contributed by atoms with Crippen molar-refractivity contribution in [1.82, 2.24) is 30.4 Å². The van der Waals surface area contributed by atoms with Gasteiger partial charge in [-0.2, -0.15) is 5.10 Å². The number of aromatic amines is 1. The number of carbonyl (C=O) groups excluding carboxylic acids is 2. The molecule has 0 fully saturated rings. The number of hydrogen-bond donors (Lipinski definition) is 3. The minimum absolute atomic E-state index is 0.00259. The Labute approximate surface area is 225 Å². The Hall–Kier alpha value is -3.73. The molecule has 1 atom stereocenters. The van der Waals surface area contributed by atoms with E-state index < -0.39 is 5.41 Å². The molecule has 5 rings (SSSR count). The highest BCUT2D eigenvalue weighted by atomic mass is 32.1. The first kappa shape index (κ1) is 25.9. The summed E-state index contributed by atoms with van der Waals surface area (Å²) in [6, 6.07) is 3.87. The number of nitrogens with zero attached hydrogens (tertiary/aromatic N) is 4. The van der Waals surface area contributed by atoms with Crippen LogP contribution in [0.4, 0.5) is 11.5 Å². The number of benzene rings is 1. The molecular weight excluding hydrogens is 502 g/mol. The monoisotopic (exact) mass is 535 g/mol. The molecule has 0 saturated carbocycles. The van der Waals surface area contributed by atoms with E-state index in [9.17, 15) is 9.59 Å². The summed E-state index contributed by atoms with van der Waals surface area (Å²) >= 11 is 1.64. The van der Waals surface area contributed by atoms with Crippen LogP contribution < -0.4 is 15.4 Å². The summed E-state index contributed by atoms with van der Waals surface area (Å²) in [6.07, 6.45) is 5.66. The smallest absolute Gasteiger partial charge is 0.225 e. The van der Waals surface area contributed by atoms with Gasteiger partial charge in [0.15, 0.2) is 0 Å². The van der Waals surface area contributed by atoms with Crippen molar-refractivity contribution in [3.8, 4) is 5.75 Å². The van der Waals surface area contributed by atoms with Gasteiger partial charge in [-0.3, -0.25) is 14.7 Å². The van der Waals surface area contributed by atoms with Gasteiger partial charge in [-0.05, 0) is 30.9 Å². The number of fused-ring (bicyclic) bond motifs is 4. The molecule has 0 spiro atoms. The van der Waals surface area contributed by atoms with Crippen LogP contribution in [0, 0.1) is 11.3 Å². The van der Waals surface area contributed by atoms with E-state index in [0.29, 0.717) is 24.7 Å². The van der Waals surface area contributed by atoms with Crippen molar-refractivity contribution in [2.45, 2.75) is 40.0 Å². The number of carbonyl (C=O) groups is 2. The minimum atomic E-state index is -0.459. The van der Waals surface area contributed by atoms with Crippen LogP contribution in [0.2, 0.25) is 0 Å². The Morgan fingerprint density at radius 3 is 2.82 bits per heavy atom. The van der Waals surface area contributed by atoms with Gasteiger partial charge >= 0.3 is 0 Å². The zero-order valence-electron chi connectivity index (χ0n) is 22.3. The first-order valence-electron chi connectivity index (χ1n) is 12.7. The maximum Gasteiger partial charge on any atom is 0.225 e. The van der Waals surface area contributed by atoms with E-state index >= 15 is 0 Å². The first-order chi connectivity index (χ1) is 18.1. The van der Waals surface area contributed by atoms with Gasteiger partial charge in [-0.15, -0.1) is 11.3 Å². The van der Waals surface area contributed by atoms with Gasteiger partial charge in [0.05, 0.1) is 29.3 Å². The van der Waals surface area contributed by atoms with Crippen molar-refractivity contribution in [3.05, 3.63) is 35.1 Å². The van der Waals surface area contributed by atoms with Crippen molar-refractivity contribution >= 4 is 55.8 Å². The first-order valence-corrected chi connectivity index (χ1v) is 13.5. The zero-order chi connectivity index (χ0) is 27.0. The molecule has 10 nitrogen and oxygen atoms in total. The van der Waals surface area contributed by atoms with Gasteiger partial charge in [0.2, 0.25) is 11.8 Å². The standard InChI is InChI=1S/C27H33N7O3S/c1-27(2,3)26(36)28-8-9-37-20-12-18-16(13-31-33-18)10-19(20)32-23-22-17-7-6-15(25(35)34(4)5)11-21(17)38-24(22)30-14-29-23/h10,12-15H,6-9,11H2,1-5H3,(H,28,36)(H,31,33)(H,29,30,32)/t15-/m0/s1. The van der Waals surface area contributed by atoms with Crippen LogP contribution >= 0.6 is 11.3 Å². The molecule has 11 heteroatoms. The third-order valence-corrected chi connectivity index (χ3v) is 7.92. The molecule has 0 radical (unpaired) electrons. The Morgan fingerprint density at radius 2 is 2.05 bits per heavy atom. The van der Waals surface area contributed by atoms with Gasteiger partial charge in [-0.25, -0.2) is 9.97 Å². The molecule has 0 aliphatic heterocycles. The highest BCUT2D eigenvalue weighted by Gasteiger charge is 2.30. The van der Waals surface area contributed by atoms with Crippen LogP contribution in [0.5, 0.6) is 5.75 Å². The Morgan fingerprint density at radius 1 is 1.24 bits per heavy atom. The molecule has 0 saturated heterocycles. The van der Waals surface area contributed by atoms with Crippen molar-refractivity contribution in [1.29, 1.82) is 0 Å². The molecule has 3 heterocycles. The number of amides is 2. The Kier molecular flexibility index (Phi) is 6.95. The number of nitrogens with one attached hydrogen (secondary N) is 3. The number of aromatic nitrogens is 4. The van der Waals surface area contributed by atoms with Gasteiger partial charge in [0.1, 0.15) is 29.3 Å². The highest BCUT2D eigenvalue weighted by molar-refractivity contribution is 7.19. The molecule has 1 aliphatic carbocycles. The molecule has 4 aromatic rings. The van der Waals surface area contributed by atoms with E-state index in [0.717, 1.165) is 46.1 Å². The van der Waals surface area contributed by atoms with E-state index in [2.05, 4.69) is 30.8 Å². The fourth-order valence-electron chi connectivity index (χ4n) is 4.69. The van der Waals surface area contributed by atoms with E-state index in [1.54, 1.807) is 28.8 Å². The van der Waals surface area contributed by atoms with Crippen molar-refractivity contribution < 1.29 is 14.3 Å². The van der Waals surface area contributed by atoms with Crippen LogP contribution in [-0.2, 0) is 22.4 Å². The molecule has 1 aliphatic rings. The van der Waals surface area contributed by atoms with Gasteiger partial charge in [0.25, 0.3) is 0 Å². The van der Waals surface area contributed by atoms with Crippen molar-refractivity contribution in [2.24, 2.45) is 11.3 Å². The fourth-order valence-corrected chi connectivity index (χ4v) is 5.95. The third-order valence-electron chi connectivity index (χ3n) is 6.76. The summed E-state index contributed by atoms with van der Waals surface area (Å²) in [4.78, 5) is 37.7. The summed E-state index contributed by atoms with van der Waals surface area (Å²) < 4.78 is 6.11. The minimum Gasteiger partial charge on any atom is -0.489 e. The average Bonchev–Trinajstić information content (AvgIpc) is 3.48. The molecule has 1 aromatic carbocycles. The second-order valence-corrected chi connectivity index (χ2v) is 11.9. The number of aryl methyl sites for hydroxylation is 1. The van der Waals surface area contributed by atoms with Crippen LogP contribution in [-0.4, -0.2) is 64.1 Å². The lowest BCUT2D eigenvalue weighted by atomic mass is 9.87. The normalized spacial score (nSPS) is 15.3. The van der Waals surface area contributed by atoms with Crippen molar-refractivity contribution in [3.63, 3.8) is 0 Å². The zero-order valence-corrected chi connectivity index (χ0v) is 23.2. The number of rotatable bonds is 7. The molecule has 0 unspecified atom stereocenters. The van der Waals surface area contributed by atoms with E-state index in [-0.39, 0.29) is 17.7 Å². The number of H-pyrrole nitrogens is 1. The second kappa shape index (κ2) is 10.2. The molecule has 0 bridgehead atoms. The molecule has 200 valence electrons. The maximum atomic E-state index is 12.6. The van der Waals surface area contributed by atoms with Crippen molar-refractivity contribution in [2.75, 3.05) is 32.6 Å². The van der Waals surface area contributed by atoms with Crippen LogP contribution in [0.25, 0.3) is 21.1 Å². The van der Waals surface area contributed by atoms with Crippen LogP contribution in [0.1, 0.15) is 37.6 Å². The molecule has 3 aromatic heterocycles. The SMILES string of the molecule is CN(C)C(=O)[C@H]1CCc2c(sc3ncnc(Nc4cc5cn[nH]c5cc4OCCNC(=O)C(C)(C)C)c23)C1. The third kappa shape index (κ3) is 5.15. The number of hydrogen-bond acceptors (Lipinski definition) is 8. The van der Waals surface area contributed by atoms with Crippen LogP contribution in [0.3, 0.4) is 0 Å². The molecule has 3 N–H and O–H groups in total. The maximum absolute atomic E-state index is 12.6. The lowest BCUT2D eigenvalue weighted by Gasteiger charge is -2.24. The Balaban J connectivity index is 1.41. The van der Waals surface area contributed by atoms with Gasteiger partial charge in [-0.1, -0.05) is 20.8 Å². The number of anilines is 2. The summed E-state index contributed by atoms with van der Waals surface area (Å²) in [5.41, 5.74) is 2.35. The van der Waals surface area contributed by atoms with Gasteiger partial charge in [0, 0.05) is 41.8 Å². The lowest BCUT2D eigenvalue weighted by molar-refractivity contribution is -0.133.